The smallest absolute Gasteiger partial charge is 0.275 e. The van der Waals surface area contributed by atoms with Crippen LogP contribution in [0.5, 0.6) is 0 Å². The third kappa shape index (κ3) is 3.47. The number of benzene rings is 3. The van der Waals surface area contributed by atoms with E-state index in [1.165, 1.54) is 4.68 Å². The summed E-state index contributed by atoms with van der Waals surface area (Å²) in [7, 11) is 3.32. The van der Waals surface area contributed by atoms with Crippen LogP contribution in [-0.2, 0) is 7.05 Å². The first kappa shape index (κ1) is 20.6. The molecule has 7 nitrogen and oxygen atoms in total. The number of amides is 1. The van der Waals surface area contributed by atoms with Gasteiger partial charge in [-0.15, -0.1) is 0 Å². The molecule has 5 aromatic rings. The van der Waals surface area contributed by atoms with Crippen LogP contribution >= 0.6 is 0 Å². The Labute approximate surface area is 190 Å². The molecule has 0 saturated carbocycles. The second kappa shape index (κ2) is 8.02. The largest absolute Gasteiger partial charge is 0.334 e. The van der Waals surface area contributed by atoms with E-state index in [1.54, 1.807) is 37.2 Å². The number of nitrogens with zero attached hydrogens (tertiary/aromatic N) is 5. The van der Waals surface area contributed by atoms with Crippen molar-refractivity contribution in [3.8, 4) is 5.69 Å². The first-order valence-electron chi connectivity index (χ1n) is 10.7. The maximum atomic E-state index is 13.4. The minimum atomic E-state index is -0.237. The number of imidazole rings is 1. The Hall–Kier alpha value is -4.26. The number of hydrogen-bond acceptors (Lipinski definition) is 4. The predicted octanol–water partition coefficient (Wildman–Crippen LogP) is 4.11. The highest BCUT2D eigenvalue weighted by molar-refractivity contribution is 6.04. The number of hydrogen-bond donors (Lipinski definition) is 0. The summed E-state index contributed by atoms with van der Waals surface area (Å²) < 4.78 is 3.26. The molecule has 1 unspecified atom stereocenters. The van der Waals surface area contributed by atoms with Crippen LogP contribution in [0.3, 0.4) is 0 Å². The van der Waals surface area contributed by atoms with Crippen LogP contribution in [0.1, 0.15) is 29.0 Å². The highest BCUT2D eigenvalue weighted by Gasteiger charge is 2.23. The van der Waals surface area contributed by atoms with Crippen LogP contribution in [0.4, 0.5) is 0 Å². The average Bonchev–Trinajstić information content (AvgIpc) is 3.29. The van der Waals surface area contributed by atoms with Crippen LogP contribution < -0.4 is 5.56 Å². The fourth-order valence-electron chi connectivity index (χ4n) is 4.10. The monoisotopic (exact) mass is 437 g/mol. The fourth-order valence-corrected chi connectivity index (χ4v) is 4.10. The van der Waals surface area contributed by atoms with E-state index in [9.17, 15) is 9.59 Å². The molecule has 0 spiro atoms. The Morgan fingerprint density at radius 2 is 1.61 bits per heavy atom. The van der Waals surface area contributed by atoms with E-state index in [0.717, 1.165) is 22.3 Å². The van der Waals surface area contributed by atoms with Gasteiger partial charge in [0.2, 0.25) is 0 Å². The number of fused-ring (bicyclic) bond motifs is 2. The van der Waals surface area contributed by atoms with E-state index in [0.29, 0.717) is 10.8 Å². The molecule has 0 bridgehead atoms. The predicted molar refractivity (Wildman–Crippen MR) is 129 cm³/mol. The van der Waals surface area contributed by atoms with Gasteiger partial charge < -0.3 is 4.90 Å². The van der Waals surface area contributed by atoms with Gasteiger partial charge in [-0.3, -0.25) is 14.2 Å². The van der Waals surface area contributed by atoms with Crippen molar-refractivity contribution in [3.63, 3.8) is 0 Å². The van der Waals surface area contributed by atoms with Crippen LogP contribution in [0.15, 0.2) is 83.9 Å². The summed E-state index contributed by atoms with van der Waals surface area (Å²) in [6.45, 7) is 1.98. The lowest BCUT2D eigenvalue weighted by Gasteiger charge is -2.25. The minimum absolute atomic E-state index is 0.191. The molecule has 5 rings (SSSR count). The Morgan fingerprint density at radius 1 is 0.939 bits per heavy atom. The van der Waals surface area contributed by atoms with Gasteiger partial charge in [0.25, 0.3) is 11.5 Å². The van der Waals surface area contributed by atoms with Crippen molar-refractivity contribution in [1.29, 1.82) is 0 Å². The molecule has 2 heterocycles. The van der Waals surface area contributed by atoms with Crippen LogP contribution in [0.2, 0.25) is 0 Å². The summed E-state index contributed by atoms with van der Waals surface area (Å²) in [4.78, 5) is 31.9. The maximum Gasteiger partial charge on any atom is 0.275 e. The topological polar surface area (TPSA) is 73.0 Å². The molecule has 1 amide bonds. The molecule has 164 valence electrons. The summed E-state index contributed by atoms with van der Waals surface area (Å²) in [5, 5.41) is 5.32. The summed E-state index contributed by atoms with van der Waals surface area (Å²) in [6.07, 6.45) is 1.81. The van der Waals surface area contributed by atoms with Crippen molar-refractivity contribution < 1.29 is 4.79 Å². The first-order valence-corrected chi connectivity index (χ1v) is 10.7. The summed E-state index contributed by atoms with van der Waals surface area (Å²) in [6, 6.07) is 23.0. The number of carbonyl (C=O) groups excluding carboxylic acids is 1. The van der Waals surface area contributed by atoms with E-state index in [-0.39, 0.29) is 23.2 Å². The second-order valence-electron chi connectivity index (χ2n) is 8.11. The molecule has 0 aliphatic carbocycles. The van der Waals surface area contributed by atoms with Crippen LogP contribution in [0.25, 0.3) is 27.5 Å². The zero-order valence-corrected chi connectivity index (χ0v) is 18.6. The van der Waals surface area contributed by atoms with Crippen molar-refractivity contribution in [1.82, 2.24) is 24.2 Å². The Bertz CT molecular complexity index is 1550. The van der Waals surface area contributed by atoms with Gasteiger partial charge in [0.05, 0.1) is 22.5 Å². The minimum Gasteiger partial charge on any atom is -0.334 e. The van der Waals surface area contributed by atoms with Crippen molar-refractivity contribution in [2.24, 2.45) is 7.05 Å². The molecule has 33 heavy (non-hydrogen) atoms. The van der Waals surface area contributed by atoms with E-state index in [1.807, 2.05) is 72.4 Å². The molecule has 0 aliphatic rings. The fraction of sp³-hybridized carbons (Fsp3) is 0.154. The Morgan fingerprint density at radius 3 is 2.36 bits per heavy atom. The summed E-state index contributed by atoms with van der Waals surface area (Å²) in [5.41, 5.74) is 4.02. The van der Waals surface area contributed by atoms with Crippen molar-refractivity contribution in [2.75, 3.05) is 7.05 Å². The van der Waals surface area contributed by atoms with Gasteiger partial charge in [-0.25, -0.2) is 9.67 Å². The van der Waals surface area contributed by atoms with Gasteiger partial charge in [0.1, 0.15) is 6.33 Å². The second-order valence-corrected chi connectivity index (χ2v) is 8.11. The van der Waals surface area contributed by atoms with Gasteiger partial charge in [-0.05, 0) is 42.8 Å². The highest BCUT2D eigenvalue weighted by atomic mass is 16.2. The molecule has 0 N–H and O–H groups in total. The zero-order chi connectivity index (χ0) is 23.1. The molecule has 7 heteroatoms. The number of aryl methyl sites for hydroxylation is 1. The van der Waals surface area contributed by atoms with Crippen molar-refractivity contribution in [2.45, 2.75) is 13.0 Å². The molecule has 0 fully saturated rings. The molecule has 2 aromatic heterocycles. The standard InChI is InChI=1S/C26H23N5O2/c1-17(18-12-14-19(15-13-18)31-16-27-22-10-6-7-11-23(22)31)29(2)26(33)24-20-8-4-5-9-21(20)25(32)30(3)28-24/h4-17H,1-3H3. The van der Waals surface area contributed by atoms with Gasteiger partial charge in [0, 0.05) is 25.2 Å². The molecule has 3 aromatic carbocycles. The van der Waals surface area contributed by atoms with Gasteiger partial charge in [-0.1, -0.05) is 42.5 Å². The number of rotatable bonds is 4. The van der Waals surface area contributed by atoms with Crippen molar-refractivity contribution >= 4 is 27.7 Å². The normalized spacial score (nSPS) is 12.2. The Balaban J connectivity index is 1.45. The third-order valence-electron chi connectivity index (χ3n) is 6.17. The quantitative estimate of drug-likeness (QED) is 0.424. The molecular formula is C26H23N5O2. The van der Waals surface area contributed by atoms with Crippen LogP contribution in [0, 0.1) is 0 Å². The van der Waals surface area contributed by atoms with E-state index < -0.39 is 0 Å². The zero-order valence-electron chi connectivity index (χ0n) is 18.6. The lowest BCUT2D eigenvalue weighted by molar-refractivity contribution is 0.0736. The first-order chi connectivity index (χ1) is 16.0. The lowest BCUT2D eigenvalue weighted by atomic mass is 10.1. The average molecular weight is 438 g/mol. The lowest BCUT2D eigenvalue weighted by Crippen LogP contribution is -2.33. The maximum absolute atomic E-state index is 13.4. The van der Waals surface area contributed by atoms with Crippen LogP contribution in [-0.4, -0.2) is 37.2 Å². The molecule has 0 radical (unpaired) electrons. The summed E-state index contributed by atoms with van der Waals surface area (Å²) in [5.74, 6) is -0.237. The van der Waals surface area contributed by atoms with E-state index in [4.69, 9.17) is 0 Å². The van der Waals surface area contributed by atoms with Gasteiger partial charge >= 0.3 is 0 Å². The molecular weight excluding hydrogens is 414 g/mol. The summed E-state index contributed by atoms with van der Waals surface area (Å²) >= 11 is 0. The Kier molecular flexibility index (Phi) is 5.01. The van der Waals surface area contributed by atoms with Crippen molar-refractivity contribution in [3.05, 3.63) is 101 Å². The number of carbonyl (C=O) groups is 1. The molecule has 0 aliphatic heterocycles. The molecule has 1 atom stereocenters. The van der Waals surface area contributed by atoms with E-state index >= 15 is 0 Å². The molecule has 0 saturated heterocycles. The SMILES string of the molecule is CC(c1ccc(-n2cnc3ccccc32)cc1)N(C)C(=O)c1nn(C)c(=O)c2ccccc12. The van der Waals surface area contributed by atoms with Gasteiger partial charge in [-0.2, -0.15) is 5.10 Å². The number of aromatic nitrogens is 4. The van der Waals surface area contributed by atoms with Gasteiger partial charge in [0.15, 0.2) is 5.69 Å². The third-order valence-corrected chi connectivity index (χ3v) is 6.17. The van der Waals surface area contributed by atoms with E-state index in [2.05, 4.69) is 10.1 Å². The number of para-hydroxylation sites is 2. The highest BCUT2D eigenvalue weighted by Crippen LogP contribution is 2.25.